The Morgan fingerprint density at radius 3 is 3.12 bits per heavy atom. The Balaban J connectivity index is 2.08. The number of nitrogens with two attached hydrogens (primary N) is 1. The lowest BCUT2D eigenvalue weighted by Crippen LogP contribution is -2.19. The first-order valence-corrected chi connectivity index (χ1v) is 5.41. The maximum atomic E-state index is 6.09. The van der Waals surface area contributed by atoms with E-state index in [1.807, 2.05) is 4.57 Å². The minimum absolute atomic E-state index is 0.144. The molecule has 2 rings (SSSR count). The van der Waals surface area contributed by atoms with Crippen molar-refractivity contribution in [2.45, 2.75) is 32.4 Å². The Morgan fingerprint density at radius 1 is 1.56 bits per heavy atom. The Morgan fingerprint density at radius 2 is 2.44 bits per heavy atom. The third-order valence-electron chi connectivity index (χ3n) is 2.44. The van der Waals surface area contributed by atoms with Crippen LogP contribution >= 0.6 is 0 Å². The van der Waals surface area contributed by atoms with Gasteiger partial charge in [0.05, 0.1) is 12.4 Å². The van der Waals surface area contributed by atoms with Gasteiger partial charge in [0.15, 0.2) is 0 Å². The summed E-state index contributed by atoms with van der Waals surface area (Å²) in [6.07, 6.45) is 6.90. The van der Waals surface area contributed by atoms with Crippen LogP contribution in [0.3, 0.4) is 0 Å². The predicted molar refractivity (Wildman–Crippen MR) is 59.5 cm³/mol. The Kier molecular flexibility index (Phi) is 3.31. The molecule has 0 aliphatic heterocycles. The lowest BCUT2D eigenvalue weighted by atomic mass is 10.1. The minimum Gasteiger partial charge on any atom is -0.348 e. The first-order chi connectivity index (χ1) is 7.81. The van der Waals surface area contributed by atoms with Crippen LogP contribution in [0.4, 0.5) is 0 Å². The summed E-state index contributed by atoms with van der Waals surface area (Å²) in [6.45, 7) is 3.02. The normalized spacial score (nSPS) is 12.9. The van der Waals surface area contributed by atoms with Crippen LogP contribution in [-0.4, -0.2) is 24.7 Å². The first kappa shape index (κ1) is 10.8. The zero-order chi connectivity index (χ0) is 11.4. The van der Waals surface area contributed by atoms with Gasteiger partial charge in [-0.2, -0.15) is 0 Å². The molecule has 0 unspecified atom stereocenters. The van der Waals surface area contributed by atoms with E-state index in [0.29, 0.717) is 6.42 Å². The molecular formula is C10H16N6. The topological polar surface area (TPSA) is 85.4 Å². The maximum absolute atomic E-state index is 6.09. The number of aryl methyl sites for hydroxylation is 1. The van der Waals surface area contributed by atoms with Crippen molar-refractivity contribution < 1.29 is 0 Å². The van der Waals surface area contributed by atoms with Gasteiger partial charge in [0, 0.05) is 24.9 Å². The van der Waals surface area contributed by atoms with Crippen molar-refractivity contribution in [2.24, 2.45) is 5.73 Å². The second-order valence-corrected chi connectivity index (χ2v) is 3.77. The average molecular weight is 220 g/mol. The SMILES string of the molecule is CCCn1cnnc1[C@@H](N)Cc1cnc[nH]1. The first-order valence-electron chi connectivity index (χ1n) is 5.41. The number of hydrogen-bond acceptors (Lipinski definition) is 4. The number of hydrogen-bond donors (Lipinski definition) is 2. The Labute approximate surface area is 93.9 Å². The van der Waals surface area contributed by atoms with Gasteiger partial charge in [-0.25, -0.2) is 4.98 Å². The van der Waals surface area contributed by atoms with Gasteiger partial charge >= 0.3 is 0 Å². The molecule has 0 aromatic carbocycles. The molecule has 16 heavy (non-hydrogen) atoms. The fourth-order valence-electron chi connectivity index (χ4n) is 1.69. The highest BCUT2D eigenvalue weighted by Gasteiger charge is 2.14. The molecule has 2 aromatic rings. The van der Waals surface area contributed by atoms with E-state index in [0.717, 1.165) is 24.5 Å². The van der Waals surface area contributed by atoms with E-state index in [4.69, 9.17) is 5.73 Å². The zero-order valence-corrected chi connectivity index (χ0v) is 9.30. The van der Waals surface area contributed by atoms with E-state index in [9.17, 15) is 0 Å². The van der Waals surface area contributed by atoms with E-state index in [-0.39, 0.29) is 6.04 Å². The summed E-state index contributed by atoms with van der Waals surface area (Å²) in [7, 11) is 0. The lowest BCUT2D eigenvalue weighted by Gasteiger charge is -2.11. The quantitative estimate of drug-likeness (QED) is 0.774. The highest BCUT2D eigenvalue weighted by Crippen LogP contribution is 2.12. The van der Waals surface area contributed by atoms with Gasteiger partial charge < -0.3 is 15.3 Å². The van der Waals surface area contributed by atoms with Crippen LogP contribution in [0.1, 0.15) is 30.9 Å². The number of imidazole rings is 1. The summed E-state index contributed by atoms with van der Waals surface area (Å²) < 4.78 is 2.00. The number of rotatable bonds is 5. The molecule has 0 radical (unpaired) electrons. The number of aromatic nitrogens is 5. The van der Waals surface area contributed by atoms with Crippen molar-refractivity contribution in [2.75, 3.05) is 0 Å². The maximum Gasteiger partial charge on any atom is 0.150 e. The summed E-state index contributed by atoms with van der Waals surface area (Å²) in [5, 5.41) is 7.97. The van der Waals surface area contributed by atoms with Crippen molar-refractivity contribution >= 4 is 0 Å². The van der Waals surface area contributed by atoms with Crippen LogP contribution in [0, 0.1) is 0 Å². The van der Waals surface area contributed by atoms with Crippen LogP contribution < -0.4 is 5.73 Å². The van der Waals surface area contributed by atoms with Crippen LogP contribution in [0.5, 0.6) is 0 Å². The monoisotopic (exact) mass is 220 g/mol. The highest BCUT2D eigenvalue weighted by molar-refractivity contribution is 5.03. The third-order valence-corrected chi connectivity index (χ3v) is 2.44. The fraction of sp³-hybridized carbons (Fsp3) is 0.500. The molecule has 6 nitrogen and oxygen atoms in total. The molecule has 1 atom stereocenters. The Hall–Kier alpha value is -1.69. The molecule has 2 aromatic heterocycles. The highest BCUT2D eigenvalue weighted by atomic mass is 15.3. The van der Waals surface area contributed by atoms with Gasteiger partial charge in [0.1, 0.15) is 12.2 Å². The smallest absolute Gasteiger partial charge is 0.150 e. The van der Waals surface area contributed by atoms with Crippen LogP contribution in [0.25, 0.3) is 0 Å². The fourth-order valence-corrected chi connectivity index (χ4v) is 1.69. The van der Waals surface area contributed by atoms with E-state index < -0.39 is 0 Å². The molecule has 3 N–H and O–H groups in total. The van der Waals surface area contributed by atoms with E-state index in [1.54, 1.807) is 18.9 Å². The largest absolute Gasteiger partial charge is 0.348 e. The Bertz CT molecular complexity index is 418. The average Bonchev–Trinajstić information content (AvgIpc) is 2.89. The van der Waals surface area contributed by atoms with Gasteiger partial charge in [-0.1, -0.05) is 6.92 Å². The molecule has 0 bridgehead atoms. The van der Waals surface area contributed by atoms with E-state index in [1.165, 1.54) is 0 Å². The molecule has 0 aliphatic carbocycles. The van der Waals surface area contributed by atoms with Gasteiger partial charge in [-0.3, -0.25) is 0 Å². The molecule has 0 amide bonds. The van der Waals surface area contributed by atoms with Crippen LogP contribution in [-0.2, 0) is 13.0 Å². The number of nitrogens with zero attached hydrogens (tertiary/aromatic N) is 4. The van der Waals surface area contributed by atoms with Gasteiger partial charge in [0.25, 0.3) is 0 Å². The minimum atomic E-state index is -0.144. The van der Waals surface area contributed by atoms with Crippen LogP contribution in [0.15, 0.2) is 18.9 Å². The van der Waals surface area contributed by atoms with Gasteiger partial charge in [-0.05, 0) is 6.42 Å². The summed E-state index contributed by atoms with van der Waals surface area (Å²) in [4.78, 5) is 6.99. The molecule has 0 spiro atoms. The number of H-pyrrole nitrogens is 1. The molecule has 2 heterocycles. The molecular weight excluding hydrogens is 204 g/mol. The standard InChI is InChI=1S/C10H16N6/c1-2-3-16-7-14-15-10(16)9(11)4-8-5-12-6-13-8/h5-7,9H,2-4,11H2,1H3,(H,12,13)/t9-/m0/s1. The number of aromatic amines is 1. The molecule has 86 valence electrons. The molecule has 0 aliphatic rings. The van der Waals surface area contributed by atoms with Gasteiger partial charge in [0.2, 0.25) is 0 Å². The van der Waals surface area contributed by atoms with Crippen molar-refractivity contribution in [1.29, 1.82) is 0 Å². The van der Waals surface area contributed by atoms with Crippen molar-refractivity contribution in [1.82, 2.24) is 24.7 Å². The summed E-state index contributed by atoms with van der Waals surface area (Å²) in [6, 6.07) is -0.144. The van der Waals surface area contributed by atoms with Crippen molar-refractivity contribution in [3.63, 3.8) is 0 Å². The molecule has 6 heteroatoms. The second-order valence-electron chi connectivity index (χ2n) is 3.77. The summed E-state index contributed by atoms with van der Waals surface area (Å²) in [5.74, 6) is 0.830. The summed E-state index contributed by atoms with van der Waals surface area (Å²) >= 11 is 0. The molecule has 0 saturated heterocycles. The van der Waals surface area contributed by atoms with Crippen LogP contribution in [0.2, 0.25) is 0 Å². The van der Waals surface area contributed by atoms with Gasteiger partial charge in [-0.15, -0.1) is 10.2 Å². The van der Waals surface area contributed by atoms with E-state index >= 15 is 0 Å². The van der Waals surface area contributed by atoms with E-state index in [2.05, 4.69) is 27.1 Å². The van der Waals surface area contributed by atoms with Crippen molar-refractivity contribution in [3.05, 3.63) is 30.4 Å². The van der Waals surface area contributed by atoms with Crippen molar-refractivity contribution in [3.8, 4) is 0 Å². The summed E-state index contributed by atoms with van der Waals surface area (Å²) in [5.41, 5.74) is 7.10. The molecule has 0 fully saturated rings. The number of nitrogens with one attached hydrogen (secondary N) is 1. The lowest BCUT2D eigenvalue weighted by molar-refractivity contribution is 0.571. The molecule has 0 saturated carbocycles. The zero-order valence-electron chi connectivity index (χ0n) is 9.30. The predicted octanol–water partition coefficient (Wildman–Crippen LogP) is 0.654. The second kappa shape index (κ2) is 4.89. The third kappa shape index (κ3) is 2.27.